The average Bonchev–Trinajstić information content (AvgIpc) is 2.40. The molecule has 82 valence electrons. The lowest BCUT2D eigenvalue weighted by Crippen LogP contribution is -2.27. The first-order chi connectivity index (χ1) is 6.86. The SMILES string of the molecule is C[N+](C)(C)C.[S-]c1nc2ccccc2s1. The maximum Gasteiger partial charge on any atom is 0.0675 e. The van der Waals surface area contributed by atoms with Crippen LogP contribution in [0.3, 0.4) is 0 Å². The second-order valence-electron chi connectivity index (χ2n) is 4.63. The second kappa shape index (κ2) is 4.88. The molecular weight excluding hydrogens is 224 g/mol. The number of aromatic nitrogens is 1. The molecule has 15 heavy (non-hydrogen) atoms. The van der Waals surface area contributed by atoms with E-state index < -0.39 is 0 Å². The van der Waals surface area contributed by atoms with Gasteiger partial charge in [-0.2, -0.15) is 0 Å². The summed E-state index contributed by atoms with van der Waals surface area (Å²) in [5.41, 5.74) is 1.01. The van der Waals surface area contributed by atoms with Crippen molar-refractivity contribution in [2.75, 3.05) is 28.2 Å². The van der Waals surface area contributed by atoms with Crippen LogP contribution in [0.4, 0.5) is 0 Å². The van der Waals surface area contributed by atoms with E-state index in [1.54, 1.807) is 11.3 Å². The number of thiazole rings is 1. The maximum atomic E-state index is 4.92. The van der Waals surface area contributed by atoms with Crippen molar-refractivity contribution in [2.24, 2.45) is 0 Å². The molecule has 0 saturated heterocycles. The predicted molar refractivity (Wildman–Crippen MR) is 69.2 cm³/mol. The average molecular weight is 240 g/mol. The molecule has 2 nitrogen and oxygen atoms in total. The molecule has 0 aliphatic heterocycles. The first-order valence-corrected chi connectivity index (χ1v) is 5.90. The molecule has 0 aliphatic carbocycles. The molecule has 0 radical (unpaired) electrons. The molecule has 0 fully saturated rings. The van der Waals surface area contributed by atoms with Crippen LogP contribution in [0.5, 0.6) is 0 Å². The van der Waals surface area contributed by atoms with Crippen molar-refractivity contribution < 1.29 is 4.48 Å². The van der Waals surface area contributed by atoms with E-state index in [-0.39, 0.29) is 0 Å². The highest BCUT2D eigenvalue weighted by Crippen LogP contribution is 2.20. The summed E-state index contributed by atoms with van der Waals surface area (Å²) in [5.74, 6) is 0. The van der Waals surface area contributed by atoms with Gasteiger partial charge < -0.3 is 28.4 Å². The lowest BCUT2D eigenvalue weighted by molar-refractivity contribution is -0.849. The molecular formula is C11H16N2S2. The Bertz CT molecular complexity index is 390. The highest BCUT2D eigenvalue weighted by atomic mass is 32.2. The number of fused-ring (bicyclic) bond motifs is 1. The molecule has 0 spiro atoms. The molecule has 0 bridgehead atoms. The number of para-hydroxylation sites is 1. The van der Waals surface area contributed by atoms with E-state index in [2.05, 4.69) is 33.2 Å². The summed E-state index contributed by atoms with van der Waals surface area (Å²) in [6.07, 6.45) is 0. The molecule has 1 aromatic heterocycles. The van der Waals surface area contributed by atoms with Crippen molar-refractivity contribution in [3.8, 4) is 0 Å². The van der Waals surface area contributed by atoms with Crippen LogP contribution in [0, 0.1) is 0 Å². The van der Waals surface area contributed by atoms with E-state index in [0.717, 1.165) is 14.3 Å². The molecule has 0 N–H and O–H groups in total. The maximum absolute atomic E-state index is 4.92. The van der Waals surface area contributed by atoms with Gasteiger partial charge in [-0.1, -0.05) is 18.2 Å². The van der Waals surface area contributed by atoms with Gasteiger partial charge in [0.2, 0.25) is 0 Å². The zero-order valence-corrected chi connectivity index (χ0v) is 11.2. The minimum absolute atomic E-state index is 0.723. The van der Waals surface area contributed by atoms with Crippen LogP contribution < -0.4 is 0 Å². The fourth-order valence-electron chi connectivity index (χ4n) is 0.851. The summed E-state index contributed by atoms with van der Waals surface area (Å²) in [6, 6.07) is 7.97. The van der Waals surface area contributed by atoms with Gasteiger partial charge in [-0.25, -0.2) is 0 Å². The Balaban J connectivity index is 0.000000195. The third kappa shape index (κ3) is 5.06. The Morgan fingerprint density at radius 1 is 1.13 bits per heavy atom. The lowest BCUT2D eigenvalue weighted by atomic mass is 10.3. The zero-order valence-electron chi connectivity index (χ0n) is 9.52. The number of hydrogen-bond acceptors (Lipinski definition) is 3. The van der Waals surface area contributed by atoms with Crippen LogP contribution >= 0.6 is 11.3 Å². The lowest BCUT2D eigenvalue weighted by Gasteiger charge is -2.14. The normalized spacial score (nSPS) is 10.9. The molecule has 1 heterocycles. The van der Waals surface area contributed by atoms with Gasteiger partial charge in [0.25, 0.3) is 0 Å². The second-order valence-corrected chi connectivity index (χ2v) is 6.31. The van der Waals surface area contributed by atoms with Gasteiger partial charge in [0.05, 0.1) is 33.7 Å². The Labute approximate surface area is 101 Å². The molecule has 4 heteroatoms. The quantitative estimate of drug-likeness (QED) is 0.518. The topological polar surface area (TPSA) is 12.9 Å². The molecule has 2 rings (SSSR count). The monoisotopic (exact) mass is 240 g/mol. The third-order valence-electron chi connectivity index (χ3n) is 1.27. The van der Waals surface area contributed by atoms with Crippen molar-refractivity contribution in [2.45, 2.75) is 4.34 Å². The van der Waals surface area contributed by atoms with Gasteiger partial charge in [0.15, 0.2) is 0 Å². The highest BCUT2D eigenvalue weighted by Gasteiger charge is 1.88. The molecule has 2 aromatic rings. The summed E-state index contributed by atoms with van der Waals surface area (Å²) in [7, 11) is 8.50. The Kier molecular flexibility index (Phi) is 4.02. The Morgan fingerprint density at radius 2 is 1.67 bits per heavy atom. The highest BCUT2D eigenvalue weighted by molar-refractivity contribution is 7.63. The van der Waals surface area contributed by atoms with Crippen molar-refractivity contribution in [3.05, 3.63) is 24.3 Å². The summed E-state index contributed by atoms with van der Waals surface area (Å²) in [4.78, 5) is 4.15. The van der Waals surface area contributed by atoms with Crippen molar-refractivity contribution in [3.63, 3.8) is 0 Å². The zero-order chi connectivity index (χ0) is 11.5. The van der Waals surface area contributed by atoms with Gasteiger partial charge in [0, 0.05) is 0 Å². The van der Waals surface area contributed by atoms with Gasteiger partial charge in [-0.3, -0.25) is 4.98 Å². The first-order valence-electron chi connectivity index (χ1n) is 4.68. The smallest absolute Gasteiger partial charge is 0.0675 e. The molecule has 0 saturated carbocycles. The number of quaternary nitrogens is 1. The third-order valence-corrected chi connectivity index (χ3v) is 2.45. The minimum atomic E-state index is 0.723. The van der Waals surface area contributed by atoms with Crippen molar-refractivity contribution >= 4 is 34.2 Å². The van der Waals surface area contributed by atoms with Crippen LogP contribution in [0.25, 0.3) is 10.2 Å². The van der Waals surface area contributed by atoms with Crippen LogP contribution in [0.2, 0.25) is 0 Å². The van der Waals surface area contributed by atoms with E-state index in [4.69, 9.17) is 12.6 Å². The van der Waals surface area contributed by atoms with E-state index in [1.165, 1.54) is 4.70 Å². The predicted octanol–water partition coefficient (Wildman–Crippen LogP) is 2.52. The fraction of sp³-hybridized carbons (Fsp3) is 0.364. The summed E-state index contributed by atoms with van der Waals surface area (Å²) >= 11 is 6.48. The molecule has 0 amide bonds. The standard InChI is InChI=1S/C7H5NS2.C4H12N/c9-7-8-5-3-1-2-4-6(5)10-7;1-5(2,3)4/h1-4H,(H,8,9);1-4H3/q;+1/p-1. The molecule has 0 unspecified atom stereocenters. The summed E-state index contributed by atoms with van der Waals surface area (Å²) < 4.78 is 2.90. The van der Waals surface area contributed by atoms with E-state index in [9.17, 15) is 0 Å². The van der Waals surface area contributed by atoms with Crippen molar-refractivity contribution in [1.29, 1.82) is 0 Å². The fourth-order valence-corrected chi connectivity index (χ4v) is 1.92. The van der Waals surface area contributed by atoms with Crippen molar-refractivity contribution in [1.82, 2.24) is 4.98 Å². The Morgan fingerprint density at radius 3 is 2.20 bits per heavy atom. The number of hydrogen-bond donors (Lipinski definition) is 0. The number of nitrogens with zero attached hydrogens (tertiary/aromatic N) is 2. The van der Waals surface area contributed by atoms with Crippen LogP contribution in [-0.4, -0.2) is 37.7 Å². The molecule has 0 aliphatic rings. The van der Waals surface area contributed by atoms with E-state index in [1.807, 2.05) is 24.3 Å². The van der Waals surface area contributed by atoms with E-state index in [0.29, 0.717) is 0 Å². The minimum Gasteiger partial charge on any atom is -0.408 e. The van der Waals surface area contributed by atoms with Gasteiger partial charge >= 0.3 is 0 Å². The summed E-state index contributed by atoms with van der Waals surface area (Å²) in [6.45, 7) is 0. The molecule has 1 aromatic carbocycles. The van der Waals surface area contributed by atoms with Crippen LogP contribution in [0.15, 0.2) is 28.6 Å². The first kappa shape index (κ1) is 12.4. The van der Waals surface area contributed by atoms with E-state index >= 15 is 0 Å². The molecule has 0 atom stereocenters. The van der Waals surface area contributed by atoms with Crippen LogP contribution in [-0.2, 0) is 12.6 Å². The van der Waals surface area contributed by atoms with Gasteiger partial charge in [-0.15, -0.1) is 0 Å². The van der Waals surface area contributed by atoms with Gasteiger partial charge in [-0.05, 0) is 15.1 Å². The van der Waals surface area contributed by atoms with Gasteiger partial charge in [0.1, 0.15) is 0 Å². The van der Waals surface area contributed by atoms with Crippen LogP contribution in [0.1, 0.15) is 0 Å². The summed E-state index contributed by atoms with van der Waals surface area (Å²) in [5, 5.41) is 0. The Hall–Kier alpha value is -0.710. The number of benzene rings is 1. The largest absolute Gasteiger partial charge is 0.408 e. The number of rotatable bonds is 0.